The number of nitriles is 2. The lowest BCUT2D eigenvalue weighted by Crippen LogP contribution is -2.49. The Morgan fingerprint density at radius 1 is 1.18 bits per heavy atom. The predicted molar refractivity (Wildman–Crippen MR) is 103 cm³/mol. The Balaban J connectivity index is 2.03. The molecule has 8 heteroatoms. The van der Waals surface area contributed by atoms with E-state index in [2.05, 4.69) is 21.7 Å². The van der Waals surface area contributed by atoms with Gasteiger partial charge < -0.3 is 20.3 Å². The second-order valence-electron chi connectivity index (χ2n) is 6.85. The summed E-state index contributed by atoms with van der Waals surface area (Å²) in [7, 11) is 0. The minimum Gasteiger partial charge on any atom is -0.508 e. The van der Waals surface area contributed by atoms with Gasteiger partial charge in [-0.1, -0.05) is 0 Å². The molecule has 2 aromatic rings. The average Bonchev–Trinajstić information content (AvgIpc) is 2.67. The lowest BCUT2D eigenvalue weighted by Gasteiger charge is -2.40. The molecule has 0 bridgehead atoms. The third-order valence-corrected chi connectivity index (χ3v) is 4.41. The molecule has 2 atom stereocenters. The highest BCUT2D eigenvalue weighted by Crippen LogP contribution is 2.42. The quantitative estimate of drug-likeness (QED) is 0.207. The highest BCUT2D eigenvalue weighted by molar-refractivity contribution is 5.94. The van der Waals surface area contributed by atoms with Gasteiger partial charge in [-0.2, -0.15) is 10.5 Å². The summed E-state index contributed by atoms with van der Waals surface area (Å²) < 4.78 is 5.87. The fraction of sp³-hybridized carbons (Fsp3) is 0.250. The topological polar surface area (TPSA) is 134 Å². The summed E-state index contributed by atoms with van der Waals surface area (Å²) in [5.41, 5.74) is 0.628. The normalized spacial score (nSPS) is 20.1. The molecule has 8 nitrogen and oxygen atoms in total. The van der Waals surface area contributed by atoms with Crippen molar-refractivity contribution in [3.63, 3.8) is 0 Å². The number of guanidine groups is 1. The second-order valence-corrected chi connectivity index (χ2v) is 6.85. The van der Waals surface area contributed by atoms with E-state index >= 15 is 0 Å². The molecule has 0 saturated heterocycles. The van der Waals surface area contributed by atoms with Crippen LogP contribution in [0.25, 0.3) is 0 Å². The summed E-state index contributed by atoms with van der Waals surface area (Å²) in [6.45, 7) is 3.48. The second kappa shape index (κ2) is 7.47. The lowest BCUT2D eigenvalue weighted by molar-refractivity contribution is -0.0567. The minimum atomic E-state index is -1.02. The van der Waals surface area contributed by atoms with Crippen molar-refractivity contribution < 1.29 is 14.9 Å². The van der Waals surface area contributed by atoms with Crippen molar-refractivity contribution in [2.75, 3.05) is 5.32 Å². The summed E-state index contributed by atoms with van der Waals surface area (Å²) in [6.07, 6.45) is 0.791. The van der Waals surface area contributed by atoms with E-state index in [4.69, 9.17) is 10.00 Å². The SMILES string of the molecule is CC1(C)Oc2ccc(C#N)cc2[C@@H](N=C(NC#N)Nc2ccc(O)cc2)[C@@H]1O. The first kappa shape index (κ1) is 19.0. The Kier molecular flexibility index (Phi) is 5.08. The van der Waals surface area contributed by atoms with Gasteiger partial charge in [0.25, 0.3) is 0 Å². The van der Waals surface area contributed by atoms with Crippen molar-refractivity contribution in [1.82, 2.24) is 5.32 Å². The van der Waals surface area contributed by atoms with Crippen LogP contribution in [0.5, 0.6) is 11.5 Å². The highest BCUT2D eigenvalue weighted by atomic mass is 16.5. The van der Waals surface area contributed by atoms with Crippen molar-refractivity contribution in [3.8, 4) is 23.8 Å². The number of rotatable bonds is 2. The van der Waals surface area contributed by atoms with Crippen molar-refractivity contribution >= 4 is 11.6 Å². The molecule has 0 amide bonds. The van der Waals surface area contributed by atoms with E-state index in [1.165, 1.54) is 12.1 Å². The van der Waals surface area contributed by atoms with Crippen molar-refractivity contribution in [2.45, 2.75) is 31.6 Å². The maximum absolute atomic E-state index is 10.8. The summed E-state index contributed by atoms with van der Waals surface area (Å²) in [5, 5.41) is 43.9. The van der Waals surface area contributed by atoms with E-state index in [0.29, 0.717) is 22.6 Å². The van der Waals surface area contributed by atoms with Crippen LogP contribution < -0.4 is 15.4 Å². The molecule has 28 heavy (non-hydrogen) atoms. The molecule has 0 radical (unpaired) electrons. The van der Waals surface area contributed by atoms with Crippen molar-refractivity contribution in [2.24, 2.45) is 4.99 Å². The zero-order valence-corrected chi connectivity index (χ0v) is 15.3. The van der Waals surface area contributed by atoms with Gasteiger partial charge in [0.05, 0.1) is 11.6 Å². The summed E-state index contributed by atoms with van der Waals surface area (Å²) >= 11 is 0. The molecule has 0 spiro atoms. The van der Waals surface area contributed by atoms with Crippen LogP contribution in [-0.4, -0.2) is 27.9 Å². The van der Waals surface area contributed by atoms with Crippen LogP contribution in [0.4, 0.5) is 5.69 Å². The number of aromatic hydroxyl groups is 1. The fourth-order valence-corrected chi connectivity index (χ4v) is 2.95. The molecule has 4 N–H and O–H groups in total. The maximum Gasteiger partial charge on any atom is 0.209 e. The van der Waals surface area contributed by atoms with E-state index < -0.39 is 17.7 Å². The number of benzene rings is 2. The number of phenolic OH excluding ortho intramolecular Hbond substituents is 1. The van der Waals surface area contributed by atoms with Gasteiger partial charge in [-0.3, -0.25) is 5.32 Å². The van der Waals surface area contributed by atoms with Crippen LogP contribution in [-0.2, 0) is 0 Å². The minimum absolute atomic E-state index is 0.108. The van der Waals surface area contributed by atoms with Gasteiger partial charge >= 0.3 is 0 Å². The van der Waals surface area contributed by atoms with Gasteiger partial charge in [0, 0.05) is 11.3 Å². The first-order chi connectivity index (χ1) is 13.3. The third kappa shape index (κ3) is 3.83. The van der Waals surface area contributed by atoms with E-state index in [-0.39, 0.29) is 11.7 Å². The smallest absolute Gasteiger partial charge is 0.209 e. The number of nitrogens with zero attached hydrogens (tertiary/aromatic N) is 3. The Bertz CT molecular complexity index is 986. The number of aliphatic imine (C=N–C) groups is 1. The number of hydrogen-bond acceptors (Lipinski definition) is 6. The molecule has 0 aliphatic carbocycles. The Morgan fingerprint density at radius 3 is 2.54 bits per heavy atom. The van der Waals surface area contributed by atoms with Gasteiger partial charge in [0.2, 0.25) is 5.96 Å². The van der Waals surface area contributed by atoms with Crippen molar-refractivity contribution in [3.05, 3.63) is 53.6 Å². The van der Waals surface area contributed by atoms with Crippen LogP contribution in [0, 0.1) is 22.8 Å². The Morgan fingerprint density at radius 2 is 1.89 bits per heavy atom. The molecular formula is C20H19N5O3. The van der Waals surface area contributed by atoms with Crippen LogP contribution in [0.15, 0.2) is 47.5 Å². The molecule has 0 saturated carbocycles. The first-order valence-electron chi connectivity index (χ1n) is 8.54. The number of nitrogens with one attached hydrogen (secondary N) is 2. The standard InChI is InChI=1S/C20H19N5O3/c1-20(2)18(27)17(15-9-12(10-21)3-8-16(15)28-20)25-19(23-11-22)24-13-4-6-14(26)7-5-13/h3-9,17-18,26-27H,1-2H3,(H2,23,24,25)/t17-,18+/m1/s1. The molecule has 1 aliphatic rings. The van der Waals surface area contributed by atoms with Crippen LogP contribution in [0.2, 0.25) is 0 Å². The van der Waals surface area contributed by atoms with E-state index in [9.17, 15) is 15.5 Å². The van der Waals surface area contributed by atoms with Crippen LogP contribution in [0.3, 0.4) is 0 Å². The molecule has 1 heterocycles. The Labute approximate surface area is 162 Å². The molecule has 1 aliphatic heterocycles. The Hall–Kier alpha value is -3.75. The summed E-state index contributed by atoms with van der Waals surface area (Å²) in [4.78, 5) is 4.51. The number of hydrogen-bond donors (Lipinski definition) is 4. The van der Waals surface area contributed by atoms with E-state index in [1.807, 2.05) is 6.19 Å². The lowest BCUT2D eigenvalue weighted by atomic mass is 9.86. The molecule has 142 valence electrons. The van der Waals surface area contributed by atoms with Gasteiger partial charge in [0.15, 0.2) is 6.19 Å². The number of aliphatic hydroxyl groups excluding tert-OH is 1. The average molecular weight is 377 g/mol. The highest BCUT2D eigenvalue weighted by Gasteiger charge is 2.43. The molecule has 3 rings (SSSR count). The molecular weight excluding hydrogens is 358 g/mol. The van der Waals surface area contributed by atoms with Gasteiger partial charge in [-0.05, 0) is 56.3 Å². The van der Waals surface area contributed by atoms with E-state index in [1.54, 1.807) is 44.2 Å². The summed E-state index contributed by atoms with van der Waals surface area (Å²) in [5.74, 6) is 0.740. The zero-order valence-electron chi connectivity index (χ0n) is 15.3. The number of anilines is 1. The maximum atomic E-state index is 10.8. The van der Waals surface area contributed by atoms with E-state index in [0.717, 1.165) is 0 Å². The number of aliphatic hydroxyl groups is 1. The molecule has 0 unspecified atom stereocenters. The van der Waals surface area contributed by atoms with Crippen LogP contribution in [0.1, 0.15) is 31.0 Å². The fourth-order valence-electron chi connectivity index (χ4n) is 2.95. The number of fused-ring (bicyclic) bond motifs is 1. The van der Waals surface area contributed by atoms with Crippen molar-refractivity contribution in [1.29, 1.82) is 10.5 Å². The van der Waals surface area contributed by atoms with Gasteiger partial charge in [-0.15, -0.1) is 0 Å². The zero-order chi connectivity index (χ0) is 20.3. The summed E-state index contributed by atoms with van der Waals surface area (Å²) in [6, 6.07) is 12.5. The number of ether oxygens (including phenoxy) is 1. The predicted octanol–water partition coefficient (Wildman–Crippen LogP) is 2.38. The largest absolute Gasteiger partial charge is 0.508 e. The number of phenols is 1. The monoisotopic (exact) mass is 377 g/mol. The third-order valence-electron chi connectivity index (χ3n) is 4.41. The molecule has 0 fully saturated rings. The van der Waals surface area contributed by atoms with Gasteiger partial charge in [-0.25, -0.2) is 4.99 Å². The van der Waals surface area contributed by atoms with Crippen LogP contribution >= 0.6 is 0 Å². The van der Waals surface area contributed by atoms with Gasteiger partial charge in [0.1, 0.15) is 29.2 Å². The molecule has 2 aromatic carbocycles. The first-order valence-corrected chi connectivity index (χ1v) is 8.54. The molecule has 0 aromatic heterocycles.